The third-order valence-corrected chi connectivity index (χ3v) is 1.79. The van der Waals surface area contributed by atoms with Crippen LogP contribution in [0.25, 0.3) is 0 Å². The smallest absolute Gasteiger partial charge is 0.0462 e. The molecule has 0 aliphatic carbocycles. The fraction of sp³-hybridized carbons (Fsp3) is 0.600. The number of rotatable bonds is 6. The summed E-state index contributed by atoms with van der Waals surface area (Å²) in [6, 6.07) is 0. The highest BCUT2D eigenvalue weighted by Crippen LogP contribution is 2.15. The highest BCUT2D eigenvalue weighted by molar-refractivity contribution is 5.11. The maximum atomic E-state index is 8.93. The van der Waals surface area contributed by atoms with Gasteiger partial charge in [0.05, 0.1) is 0 Å². The molecule has 1 unspecified atom stereocenters. The van der Waals surface area contributed by atoms with Gasteiger partial charge in [0.1, 0.15) is 0 Å². The molecule has 0 radical (unpaired) electrons. The molecule has 0 aromatic carbocycles. The van der Waals surface area contributed by atoms with E-state index >= 15 is 0 Å². The van der Waals surface area contributed by atoms with Gasteiger partial charge in [-0.15, -0.1) is 0 Å². The summed E-state index contributed by atoms with van der Waals surface area (Å²) < 4.78 is 0. The van der Waals surface area contributed by atoms with Gasteiger partial charge in [-0.3, -0.25) is 0 Å². The van der Waals surface area contributed by atoms with E-state index in [4.69, 9.17) is 5.11 Å². The Kier molecular flexibility index (Phi) is 5.86. The number of aliphatic hydroxyl groups is 1. The summed E-state index contributed by atoms with van der Waals surface area (Å²) in [5.41, 5.74) is 1.03. The summed E-state index contributed by atoms with van der Waals surface area (Å²) in [5.74, 6) is 0.380. The molecule has 0 heterocycles. The van der Waals surface area contributed by atoms with E-state index in [9.17, 15) is 0 Å². The second kappa shape index (κ2) is 6.17. The summed E-state index contributed by atoms with van der Waals surface area (Å²) in [5, 5.41) is 8.93. The Labute approximate surface area is 69.4 Å². The maximum Gasteiger partial charge on any atom is 0.0462 e. The number of aliphatic hydroxyl groups excluding tert-OH is 1. The molecule has 1 N–H and O–H groups in total. The van der Waals surface area contributed by atoms with Crippen LogP contribution in [0.1, 0.15) is 26.2 Å². The Morgan fingerprint density at radius 2 is 2.27 bits per heavy atom. The van der Waals surface area contributed by atoms with Crippen LogP contribution in [-0.2, 0) is 0 Å². The quantitative estimate of drug-likeness (QED) is 0.583. The lowest BCUT2D eigenvalue weighted by Crippen LogP contribution is -2.05. The molecular weight excluding hydrogens is 136 g/mol. The van der Waals surface area contributed by atoms with Crippen molar-refractivity contribution in [3.8, 4) is 0 Å². The Hall–Kier alpha value is -0.560. The van der Waals surface area contributed by atoms with Gasteiger partial charge in [0.15, 0.2) is 0 Å². The predicted octanol–water partition coefficient (Wildman–Crippen LogP) is 2.53. The van der Waals surface area contributed by atoms with Crippen LogP contribution in [0.15, 0.2) is 24.8 Å². The minimum Gasteiger partial charge on any atom is -0.396 e. The molecule has 0 bridgehead atoms. The average Bonchev–Trinajstić information content (AvgIpc) is 2.03. The summed E-state index contributed by atoms with van der Waals surface area (Å²) in [4.78, 5) is 0. The molecule has 0 aromatic heterocycles. The third kappa shape index (κ3) is 4.79. The molecule has 11 heavy (non-hydrogen) atoms. The average molecular weight is 154 g/mol. The summed E-state index contributed by atoms with van der Waals surface area (Å²) in [6.45, 7) is 9.83. The molecule has 0 aliphatic rings. The first-order valence-electron chi connectivity index (χ1n) is 4.15. The van der Waals surface area contributed by atoms with E-state index in [2.05, 4.69) is 20.1 Å². The van der Waals surface area contributed by atoms with E-state index < -0.39 is 0 Å². The van der Waals surface area contributed by atoms with Crippen LogP contribution in [0.4, 0.5) is 0 Å². The van der Waals surface area contributed by atoms with Gasteiger partial charge < -0.3 is 5.11 Å². The van der Waals surface area contributed by atoms with Crippen LogP contribution in [0, 0.1) is 5.92 Å². The minimum absolute atomic E-state index is 0.265. The molecule has 0 saturated heterocycles. The molecule has 1 nitrogen and oxygen atoms in total. The van der Waals surface area contributed by atoms with E-state index in [1.54, 1.807) is 6.08 Å². The fourth-order valence-electron chi connectivity index (χ4n) is 1.12. The minimum atomic E-state index is 0.265. The maximum absolute atomic E-state index is 8.93. The van der Waals surface area contributed by atoms with E-state index in [-0.39, 0.29) is 6.61 Å². The van der Waals surface area contributed by atoms with Crippen LogP contribution in [0.2, 0.25) is 0 Å². The van der Waals surface area contributed by atoms with Crippen molar-refractivity contribution in [1.29, 1.82) is 0 Å². The van der Waals surface area contributed by atoms with Crippen molar-refractivity contribution in [3.05, 3.63) is 24.8 Å². The molecule has 0 spiro atoms. The van der Waals surface area contributed by atoms with Gasteiger partial charge in [-0.1, -0.05) is 38.2 Å². The SMILES string of the molecule is C=CC(=C)CC(CO)CCC. The van der Waals surface area contributed by atoms with E-state index in [1.807, 2.05) is 0 Å². The van der Waals surface area contributed by atoms with Crippen LogP contribution >= 0.6 is 0 Å². The van der Waals surface area contributed by atoms with Gasteiger partial charge in [0, 0.05) is 6.61 Å². The van der Waals surface area contributed by atoms with Crippen molar-refractivity contribution in [2.24, 2.45) is 5.92 Å². The van der Waals surface area contributed by atoms with Gasteiger partial charge in [-0.25, -0.2) is 0 Å². The van der Waals surface area contributed by atoms with Crippen LogP contribution in [-0.4, -0.2) is 11.7 Å². The molecule has 0 aromatic rings. The van der Waals surface area contributed by atoms with E-state index in [0.29, 0.717) is 5.92 Å². The molecule has 0 aliphatic heterocycles. The van der Waals surface area contributed by atoms with Crippen molar-refractivity contribution in [3.63, 3.8) is 0 Å². The standard InChI is InChI=1S/C10H18O/c1-4-6-10(8-11)7-9(3)5-2/h5,10-11H,2-4,6-8H2,1H3. The van der Waals surface area contributed by atoms with Crippen molar-refractivity contribution in [2.45, 2.75) is 26.2 Å². The Morgan fingerprint density at radius 3 is 2.64 bits per heavy atom. The first-order valence-corrected chi connectivity index (χ1v) is 4.15. The monoisotopic (exact) mass is 154 g/mol. The molecule has 64 valence electrons. The molecular formula is C10H18O. The normalized spacial score (nSPS) is 12.5. The van der Waals surface area contributed by atoms with Crippen molar-refractivity contribution >= 4 is 0 Å². The van der Waals surface area contributed by atoms with Gasteiger partial charge >= 0.3 is 0 Å². The topological polar surface area (TPSA) is 20.2 Å². The Balaban J connectivity index is 3.67. The summed E-state index contributed by atoms with van der Waals surface area (Å²) in [6.07, 6.45) is 4.84. The molecule has 1 heteroatoms. The second-order valence-electron chi connectivity index (χ2n) is 2.90. The van der Waals surface area contributed by atoms with Gasteiger partial charge in [0.25, 0.3) is 0 Å². The van der Waals surface area contributed by atoms with Gasteiger partial charge in [0.2, 0.25) is 0 Å². The lowest BCUT2D eigenvalue weighted by atomic mass is 9.97. The Morgan fingerprint density at radius 1 is 1.64 bits per heavy atom. The van der Waals surface area contributed by atoms with Gasteiger partial charge in [-0.05, 0) is 18.8 Å². The van der Waals surface area contributed by atoms with E-state index in [1.165, 1.54) is 0 Å². The molecule has 1 atom stereocenters. The van der Waals surface area contributed by atoms with Gasteiger partial charge in [-0.2, -0.15) is 0 Å². The van der Waals surface area contributed by atoms with Crippen molar-refractivity contribution in [1.82, 2.24) is 0 Å². The molecule has 0 saturated carbocycles. The fourth-order valence-corrected chi connectivity index (χ4v) is 1.12. The number of hydrogen-bond acceptors (Lipinski definition) is 1. The van der Waals surface area contributed by atoms with Crippen LogP contribution < -0.4 is 0 Å². The molecule has 0 amide bonds. The largest absolute Gasteiger partial charge is 0.396 e. The van der Waals surface area contributed by atoms with Crippen LogP contribution in [0.3, 0.4) is 0 Å². The van der Waals surface area contributed by atoms with Crippen molar-refractivity contribution in [2.75, 3.05) is 6.61 Å². The first-order chi connectivity index (χ1) is 5.24. The molecule has 0 fully saturated rings. The summed E-state index contributed by atoms with van der Waals surface area (Å²) in [7, 11) is 0. The number of allylic oxidation sites excluding steroid dienone is 2. The predicted molar refractivity (Wildman–Crippen MR) is 49.4 cm³/mol. The molecule has 0 rings (SSSR count). The zero-order valence-corrected chi connectivity index (χ0v) is 7.34. The van der Waals surface area contributed by atoms with Crippen LogP contribution in [0.5, 0.6) is 0 Å². The zero-order valence-electron chi connectivity index (χ0n) is 7.34. The lowest BCUT2D eigenvalue weighted by molar-refractivity contribution is 0.217. The van der Waals surface area contributed by atoms with E-state index in [0.717, 1.165) is 24.8 Å². The third-order valence-electron chi connectivity index (χ3n) is 1.79. The highest BCUT2D eigenvalue weighted by Gasteiger charge is 2.05. The second-order valence-corrected chi connectivity index (χ2v) is 2.90. The number of hydrogen-bond donors (Lipinski definition) is 1. The zero-order chi connectivity index (χ0) is 8.69. The lowest BCUT2D eigenvalue weighted by Gasteiger charge is -2.11. The van der Waals surface area contributed by atoms with Crippen molar-refractivity contribution < 1.29 is 5.11 Å². The highest BCUT2D eigenvalue weighted by atomic mass is 16.3. The Bertz CT molecular complexity index is 127. The first kappa shape index (κ1) is 10.4. The summed E-state index contributed by atoms with van der Waals surface area (Å²) >= 11 is 0.